The highest BCUT2D eigenvalue weighted by molar-refractivity contribution is 5.77. The van der Waals surface area contributed by atoms with Gasteiger partial charge in [-0.05, 0) is 35.8 Å². The number of hydrogen-bond donors (Lipinski definition) is 1. The minimum Gasteiger partial charge on any atom is -0.384 e. The van der Waals surface area contributed by atoms with E-state index in [0.717, 1.165) is 30.5 Å². The highest BCUT2D eigenvalue weighted by atomic mass is 16.1. The van der Waals surface area contributed by atoms with Crippen LogP contribution in [0.25, 0.3) is 6.08 Å². The van der Waals surface area contributed by atoms with Crippen LogP contribution in [0.2, 0.25) is 0 Å². The first-order chi connectivity index (χ1) is 9.40. The molecule has 0 saturated heterocycles. The Kier molecular flexibility index (Phi) is 4.94. The molecule has 0 aliphatic rings. The second-order valence-electron chi connectivity index (χ2n) is 4.24. The molecule has 1 N–H and O–H groups in total. The van der Waals surface area contributed by atoms with Gasteiger partial charge in [-0.2, -0.15) is 0 Å². The van der Waals surface area contributed by atoms with Crippen molar-refractivity contribution >= 4 is 18.0 Å². The van der Waals surface area contributed by atoms with Crippen LogP contribution in [0.3, 0.4) is 0 Å². The highest BCUT2D eigenvalue weighted by Gasteiger charge is 1.97. The maximum absolute atomic E-state index is 10.4. The van der Waals surface area contributed by atoms with Gasteiger partial charge >= 0.3 is 0 Å². The van der Waals surface area contributed by atoms with Crippen molar-refractivity contribution in [1.82, 2.24) is 0 Å². The predicted octanol–water partition coefficient (Wildman–Crippen LogP) is 3.55. The molecule has 2 rings (SSSR count). The van der Waals surface area contributed by atoms with E-state index < -0.39 is 0 Å². The van der Waals surface area contributed by atoms with E-state index in [1.807, 2.05) is 36.4 Å². The number of hydrogen-bond acceptors (Lipinski definition) is 2. The average Bonchev–Trinajstić information content (AvgIpc) is 2.47. The van der Waals surface area contributed by atoms with Crippen LogP contribution in [-0.2, 0) is 11.2 Å². The number of para-hydroxylation sites is 1. The maximum Gasteiger partial charge on any atom is 0.142 e. The molecular weight excluding hydrogens is 234 g/mol. The number of nitrogens with one attached hydrogen (secondary N) is 1. The normalized spacial score (nSPS) is 10.5. The van der Waals surface area contributed by atoms with E-state index in [1.165, 1.54) is 11.6 Å². The molecule has 0 aliphatic carbocycles. The number of carbonyl (C=O) groups is 1. The van der Waals surface area contributed by atoms with Gasteiger partial charge in [-0.15, -0.1) is 0 Å². The van der Waals surface area contributed by atoms with Gasteiger partial charge in [0.05, 0.1) is 0 Å². The predicted molar refractivity (Wildman–Crippen MR) is 80.2 cm³/mol. The lowest BCUT2D eigenvalue weighted by Crippen LogP contribution is -2.05. The molecule has 2 nitrogen and oxygen atoms in total. The van der Waals surface area contributed by atoms with Gasteiger partial charge in [-0.3, -0.25) is 4.79 Å². The van der Waals surface area contributed by atoms with Crippen molar-refractivity contribution in [2.45, 2.75) is 6.42 Å². The summed E-state index contributed by atoms with van der Waals surface area (Å²) in [5.74, 6) is 0. The summed E-state index contributed by atoms with van der Waals surface area (Å²) in [6.45, 7) is 0.871. The van der Waals surface area contributed by atoms with E-state index in [0.29, 0.717) is 0 Å². The summed E-state index contributed by atoms with van der Waals surface area (Å²) in [5, 5.41) is 3.40. The second kappa shape index (κ2) is 7.17. The quantitative estimate of drug-likeness (QED) is 0.628. The molecule has 96 valence electrons. The van der Waals surface area contributed by atoms with Crippen molar-refractivity contribution in [1.29, 1.82) is 0 Å². The Labute approximate surface area is 113 Å². The monoisotopic (exact) mass is 251 g/mol. The molecule has 0 aromatic heterocycles. The van der Waals surface area contributed by atoms with Crippen molar-refractivity contribution in [2.24, 2.45) is 0 Å². The third kappa shape index (κ3) is 4.11. The summed E-state index contributed by atoms with van der Waals surface area (Å²) >= 11 is 0. The minimum absolute atomic E-state index is 0.792. The topological polar surface area (TPSA) is 29.1 Å². The Morgan fingerprint density at radius 2 is 1.68 bits per heavy atom. The first kappa shape index (κ1) is 13.1. The first-order valence-electron chi connectivity index (χ1n) is 6.39. The Morgan fingerprint density at radius 3 is 2.47 bits per heavy atom. The molecule has 0 amide bonds. The molecule has 0 saturated carbocycles. The van der Waals surface area contributed by atoms with Gasteiger partial charge in [-0.25, -0.2) is 0 Å². The summed E-state index contributed by atoms with van der Waals surface area (Å²) in [7, 11) is 0. The lowest BCUT2D eigenvalue weighted by Gasteiger charge is -2.09. The van der Waals surface area contributed by atoms with Crippen LogP contribution in [0.5, 0.6) is 0 Å². The number of benzene rings is 2. The van der Waals surface area contributed by atoms with Crippen molar-refractivity contribution in [3.63, 3.8) is 0 Å². The summed E-state index contributed by atoms with van der Waals surface area (Å²) in [6, 6.07) is 18.3. The van der Waals surface area contributed by atoms with Crippen molar-refractivity contribution in [2.75, 3.05) is 11.9 Å². The molecule has 2 heteroatoms. The Morgan fingerprint density at radius 1 is 0.947 bits per heavy atom. The third-order valence-corrected chi connectivity index (χ3v) is 2.89. The molecule has 0 fully saturated rings. The third-order valence-electron chi connectivity index (χ3n) is 2.89. The van der Waals surface area contributed by atoms with Gasteiger partial charge < -0.3 is 5.32 Å². The molecule has 0 spiro atoms. The maximum atomic E-state index is 10.4. The number of allylic oxidation sites excluding steroid dienone is 1. The van der Waals surface area contributed by atoms with E-state index in [9.17, 15) is 4.79 Å². The smallest absolute Gasteiger partial charge is 0.142 e. The standard InChI is InChI=1S/C17H17NO/c19-14-6-10-16-9-4-5-11-17(16)18-13-12-15-7-2-1-3-8-15/h1-11,14,18H,12-13H2/b10-6+. The summed E-state index contributed by atoms with van der Waals surface area (Å²) in [4.78, 5) is 10.4. The average molecular weight is 251 g/mol. The lowest BCUT2D eigenvalue weighted by molar-refractivity contribution is -0.104. The van der Waals surface area contributed by atoms with Crippen LogP contribution in [0, 0.1) is 0 Å². The highest BCUT2D eigenvalue weighted by Crippen LogP contribution is 2.16. The fourth-order valence-electron chi connectivity index (χ4n) is 1.93. The fourth-order valence-corrected chi connectivity index (χ4v) is 1.93. The van der Waals surface area contributed by atoms with Gasteiger partial charge in [-0.1, -0.05) is 48.5 Å². The number of rotatable bonds is 6. The van der Waals surface area contributed by atoms with Gasteiger partial charge in [0.1, 0.15) is 6.29 Å². The van der Waals surface area contributed by atoms with Crippen molar-refractivity contribution < 1.29 is 4.79 Å². The van der Waals surface area contributed by atoms with Crippen molar-refractivity contribution in [3.8, 4) is 0 Å². The summed E-state index contributed by atoms with van der Waals surface area (Å²) < 4.78 is 0. The Hall–Kier alpha value is -2.35. The zero-order valence-corrected chi connectivity index (χ0v) is 10.8. The van der Waals surface area contributed by atoms with E-state index in [2.05, 4.69) is 29.6 Å². The van der Waals surface area contributed by atoms with Crippen LogP contribution in [0.4, 0.5) is 5.69 Å². The van der Waals surface area contributed by atoms with Gasteiger partial charge in [0.15, 0.2) is 0 Å². The van der Waals surface area contributed by atoms with Crippen LogP contribution >= 0.6 is 0 Å². The number of aldehydes is 1. The zero-order chi connectivity index (χ0) is 13.3. The van der Waals surface area contributed by atoms with E-state index in [-0.39, 0.29) is 0 Å². The van der Waals surface area contributed by atoms with Gasteiger partial charge in [0, 0.05) is 12.2 Å². The number of carbonyl (C=O) groups excluding carboxylic acids is 1. The van der Waals surface area contributed by atoms with E-state index in [1.54, 1.807) is 0 Å². The minimum atomic E-state index is 0.792. The Balaban J connectivity index is 1.96. The molecule has 0 radical (unpaired) electrons. The van der Waals surface area contributed by atoms with Crippen LogP contribution in [-0.4, -0.2) is 12.8 Å². The molecule has 2 aromatic carbocycles. The van der Waals surface area contributed by atoms with Crippen molar-refractivity contribution in [3.05, 3.63) is 71.8 Å². The largest absolute Gasteiger partial charge is 0.384 e. The molecule has 19 heavy (non-hydrogen) atoms. The van der Waals surface area contributed by atoms with E-state index >= 15 is 0 Å². The van der Waals surface area contributed by atoms with Crippen LogP contribution in [0.15, 0.2) is 60.7 Å². The SMILES string of the molecule is O=C/C=C/c1ccccc1NCCc1ccccc1. The van der Waals surface area contributed by atoms with E-state index in [4.69, 9.17) is 0 Å². The lowest BCUT2D eigenvalue weighted by atomic mass is 10.1. The molecule has 0 heterocycles. The molecule has 0 bridgehead atoms. The zero-order valence-electron chi connectivity index (χ0n) is 10.8. The first-order valence-corrected chi connectivity index (χ1v) is 6.39. The molecule has 0 aliphatic heterocycles. The molecule has 0 atom stereocenters. The van der Waals surface area contributed by atoms with Crippen LogP contribution < -0.4 is 5.32 Å². The molecule has 0 unspecified atom stereocenters. The summed E-state index contributed by atoms with van der Waals surface area (Å²) in [5.41, 5.74) is 3.40. The molecular formula is C17H17NO. The Bertz CT molecular complexity index is 546. The summed E-state index contributed by atoms with van der Waals surface area (Å²) in [6.07, 6.45) is 5.10. The van der Waals surface area contributed by atoms with Gasteiger partial charge in [0.25, 0.3) is 0 Å². The number of anilines is 1. The molecule has 2 aromatic rings. The fraction of sp³-hybridized carbons (Fsp3) is 0.118. The second-order valence-corrected chi connectivity index (χ2v) is 4.24. The van der Waals surface area contributed by atoms with Gasteiger partial charge in [0.2, 0.25) is 0 Å². The van der Waals surface area contributed by atoms with Crippen LogP contribution in [0.1, 0.15) is 11.1 Å².